The van der Waals surface area contributed by atoms with Crippen molar-refractivity contribution in [3.8, 4) is 0 Å². The lowest BCUT2D eigenvalue weighted by Crippen LogP contribution is -2.47. The van der Waals surface area contributed by atoms with Crippen LogP contribution in [0.2, 0.25) is 0 Å². The van der Waals surface area contributed by atoms with Crippen molar-refractivity contribution >= 4 is 22.8 Å². The highest BCUT2D eigenvalue weighted by Gasteiger charge is 2.52. The second-order valence-corrected chi connectivity index (χ2v) is 7.44. The minimum absolute atomic E-state index is 0.0173. The number of aryl methyl sites for hydroxylation is 1. The molecule has 1 spiro atoms. The first-order chi connectivity index (χ1) is 13.2. The molecule has 3 aromatic rings. The molecule has 0 radical (unpaired) electrons. The summed E-state index contributed by atoms with van der Waals surface area (Å²) < 4.78 is 0. The zero-order valence-corrected chi connectivity index (χ0v) is 15.2. The van der Waals surface area contributed by atoms with Gasteiger partial charge >= 0.3 is 0 Å². The zero-order valence-electron chi connectivity index (χ0n) is 15.2. The Hall–Kier alpha value is -3.03. The maximum atomic E-state index is 13.1. The van der Waals surface area contributed by atoms with Crippen molar-refractivity contribution in [1.82, 2.24) is 29.8 Å². The lowest BCUT2D eigenvalue weighted by molar-refractivity contribution is 0.0663. The van der Waals surface area contributed by atoms with Crippen LogP contribution in [0.15, 0.2) is 31.0 Å². The van der Waals surface area contributed by atoms with Gasteiger partial charge in [0, 0.05) is 32.0 Å². The van der Waals surface area contributed by atoms with E-state index >= 15 is 0 Å². The maximum Gasteiger partial charge on any atom is 0.274 e. The van der Waals surface area contributed by atoms with Crippen LogP contribution in [0.4, 0.5) is 5.82 Å². The van der Waals surface area contributed by atoms with Crippen molar-refractivity contribution in [2.75, 3.05) is 24.5 Å². The van der Waals surface area contributed by atoms with Gasteiger partial charge in [-0.25, -0.2) is 15.0 Å². The highest BCUT2D eigenvalue weighted by Crippen LogP contribution is 2.45. The third kappa shape index (κ3) is 2.72. The topological polar surface area (TPSA) is 90.9 Å². The van der Waals surface area contributed by atoms with E-state index in [0.717, 1.165) is 61.4 Å². The summed E-state index contributed by atoms with van der Waals surface area (Å²) in [5.41, 5.74) is 1.95. The van der Waals surface area contributed by atoms with E-state index in [1.165, 1.54) is 0 Å². The number of carbonyl (C=O) groups is 1. The zero-order chi connectivity index (χ0) is 18.4. The number of anilines is 1. The minimum Gasteiger partial charge on any atom is -0.354 e. The van der Waals surface area contributed by atoms with E-state index < -0.39 is 0 Å². The fraction of sp³-hybridized carbons (Fsp3) is 0.421. The number of nitrogens with one attached hydrogen (secondary N) is 1. The molecule has 4 heterocycles. The summed E-state index contributed by atoms with van der Waals surface area (Å²) in [5, 5.41) is 1.03. The van der Waals surface area contributed by atoms with Crippen LogP contribution in [0, 0.1) is 6.92 Å². The molecule has 138 valence electrons. The average Bonchev–Trinajstić information content (AvgIpc) is 3.34. The van der Waals surface area contributed by atoms with Gasteiger partial charge in [-0.05, 0) is 32.3 Å². The first-order valence-corrected chi connectivity index (χ1v) is 9.30. The largest absolute Gasteiger partial charge is 0.354 e. The maximum absolute atomic E-state index is 13.1. The van der Waals surface area contributed by atoms with Crippen LogP contribution in [0.1, 0.15) is 35.4 Å². The van der Waals surface area contributed by atoms with Gasteiger partial charge in [-0.3, -0.25) is 9.78 Å². The Balaban J connectivity index is 1.45. The standard InChI is InChI=1S/C19H21N7O/c1-13-9-22-15(10-21-13)18(27)26-8-2-7-25(11-19(26)4-5-19)17-14-3-6-20-16(14)23-12-24-17/h3,6,9-10,12H,2,4-5,7-8,11H2,1H3,(H,20,23,24). The molecule has 0 atom stereocenters. The van der Waals surface area contributed by atoms with Crippen LogP contribution in [0.3, 0.4) is 0 Å². The Morgan fingerprint density at radius 1 is 1.15 bits per heavy atom. The normalized spacial score (nSPS) is 18.7. The lowest BCUT2D eigenvalue weighted by Gasteiger charge is -2.32. The second-order valence-electron chi connectivity index (χ2n) is 7.44. The van der Waals surface area contributed by atoms with E-state index in [1.807, 2.05) is 24.1 Å². The summed E-state index contributed by atoms with van der Waals surface area (Å²) >= 11 is 0. The van der Waals surface area contributed by atoms with Gasteiger partial charge in [0.05, 0.1) is 22.8 Å². The van der Waals surface area contributed by atoms with Crippen molar-refractivity contribution in [2.24, 2.45) is 0 Å². The fourth-order valence-corrected chi connectivity index (χ4v) is 4.00. The van der Waals surface area contributed by atoms with E-state index in [0.29, 0.717) is 5.69 Å². The summed E-state index contributed by atoms with van der Waals surface area (Å²) in [6.07, 6.45) is 9.64. The van der Waals surface area contributed by atoms with Crippen molar-refractivity contribution in [2.45, 2.75) is 31.7 Å². The summed E-state index contributed by atoms with van der Waals surface area (Å²) in [7, 11) is 0. The Bertz CT molecular complexity index is 993. The molecule has 1 saturated carbocycles. The van der Waals surface area contributed by atoms with Gasteiger partial charge in [-0.2, -0.15) is 0 Å². The van der Waals surface area contributed by atoms with Gasteiger partial charge in [0.1, 0.15) is 23.5 Å². The number of fused-ring (bicyclic) bond motifs is 1. The molecule has 1 aliphatic heterocycles. The van der Waals surface area contributed by atoms with Gasteiger partial charge in [-0.1, -0.05) is 0 Å². The molecule has 8 heteroatoms. The molecular weight excluding hydrogens is 342 g/mol. The van der Waals surface area contributed by atoms with Crippen molar-refractivity contribution < 1.29 is 4.79 Å². The van der Waals surface area contributed by atoms with Crippen LogP contribution in [0.25, 0.3) is 11.0 Å². The molecule has 8 nitrogen and oxygen atoms in total. The van der Waals surface area contributed by atoms with Crippen molar-refractivity contribution in [3.05, 3.63) is 42.4 Å². The molecule has 0 aromatic carbocycles. The number of aromatic nitrogens is 5. The summed E-state index contributed by atoms with van der Waals surface area (Å²) in [6, 6.07) is 2.01. The van der Waals surface area contributed by atoms with Crippen molar-refractivity contribution in [3.63, 3.8) is 0 Å². The minimum atomic E-state index is -0.131. The average molecular weight is 363 g/mol. The predicted molar refractivity (Wildman–Crippen MR) is 100 cm³/mol. The number of hydrogen-bond acceptors (Lipinski definition) is 6. The number of nitrogens with zero attached hydrogens (tertiary/aromatic N) is 6. The molecule has 1 N–H and O–H groups in total. The second kappa shape index (κ2) is 6.00. The Labute approximate surface area is 156 Å². The van der Waals surface area contributed by atoms with E-state index in [1.54, 1.807) is 18.7 Å². The number of carbonyl (C=O) groups excluding carboxylic acids is 1. The molecule has 3 aromatic heterocycles. The monoisotopic (exact) mass is 363 g/mol. The molecular formula is C19H21N7O. The Morgan fingerprint density at radius 2 is 2.04 bits per heavy atom. The number of hydrogen-bond donors (Lipinski definition) is 1. The molecule has 5 rings (SSSR count). The van der Waals surface area contributed by atoms with E-state index in [2.05, 4.69) is 29.8 Å². The summed E-state index contributed by atoms with van der Waals surface area (Å²) in [5.74, 6) is 0.924. The number of rotatable bonds is 2. The first-order valence-electron chi connectivity index (χ1n) is 9.30. The molecule has 2 aliphatic rings. The number of aromatic amines is 1. The summed E-state index contributed by atoms with van der Waals surface area (Å²) in [6.45, 7) is 4.25. The van der Waals surface area contributed by atoms with Crippen LogP contribution in [-0.4, -0.2) is 60.9 Å². The van der Waals surface area contributed by atoms with Gasteiger partial charge in [0.25, 0.3) is 5.91 Å². The SMILES string of the molecule is Cc1cnc(C(=O)N2CCCN(c3ncnc4[nH]ccc34)CC23CC3)cn1. The van der Waals surface area contributed by atoms with Crippen LogP contribution in [0.5, 0.6) is 0 Å². The predicted octanol–water partition coefficient (Wildman–Crippen LogP) is 1.94. The summed E-state index contributed by atoms with van der Waals surface area (Å²) in [4.78, 5) is 37.9. The van der Waals surface area contributed by atoms with Gasteiger partial charge < -0.3 is 14.8 Å². The van der Waals surface area contributed by atoms with Gasteiger partial charge in [0.2, 0.25) is 0 Å². The van der Waals surface area contributed by atoms with Crippen LogP contribution in [-0.2, 0) is 0 Å². The molecule has 1 amide bonds. The van der Waals surface area contributed by atoms with E-state index in [4.69, 9.17) is 0 Å². The first kappa shape index (κ1) is 16.2. The Kier molecular flexibility index (Phi) is 3.60. The quantitative estimate of drug-likeness (QED) is 0.748. The third-order valence-corrected chi connectivity index (χ3v) is 5.57. The highest BCUT2D eigenvalue weighted by atomic mass is 16.2. The van der Waals surface area contributed by atoms with E-state index in [-0.39, 0.29) is 11.4 Å². The van der Waals surface area contributed by atoms with Gasteiger partial charge in [0.15, 0.2) is 0 Å². The fourth-order valence-electron chi connectivity index (χ4n) is 4.00. The molecule has 0 bridgehead atoms. The molecule has 2 fully saturated rings. The Morgan fingerprint density at radius 3 is 2.81 bits per heavy atom. The lowest BCUT2D eigenvalue weighted by atomic mass is 10.2. The van der Waals surface area contributed by atoms with Crippen LogP contribution < -0.4 is 4.90 Å². The van der Waals surface area contributed by atoms with Crippen LogP contribution >= 0.6 is 0 Å². The van der Waals surface area contributed by atoms with Gasteiger partial charge in [-0.15, -0.1) is 0 Å². The molecule has 1 saturated heterocycles. The molecule has 0 unspecified atom stereocenters. The number of amides is 1. The highest BCUT2D eigenvalue weighted by molar-refractivity contribution is 5.93. The molecule has 27 heavy (non-hydrogen) atoms. The smallest absolute Gasteiger partial charge is 0.274 e. The number of H-pyrrole nitrogens is 1. The van der Waals surface area contributed by atoms with E-state index in [9.17, 15) is 4.79 Å². The molecule has 1 aliphatic carbocycles. The van der Waals surface area contributed by atoms with Crippen molar-refractivity contribution in [1.29, 1.82) is 0 Å². The third-order valence-electron chi connectivity index (χ3n) is 5.57.